The molecule has 0 aromatic heterocycles. The number of carbonyl (C=O) groups is 1. The predicted octanol–water partition coefficient (Wildman–Crippen LogP) is 2.66. The number of hydrogen-bond acceptors (Lipinski definition) is 5. The van der Waals surface area contributed by atoms with Crippen LogP contribution in [-0.2, 0) is 4.79 Å². The first-order valence-electron chi connectivity index (χ1n) is 7.64. The highest BCUT2D eigenvalue weighted by Gasteiger charge is 2.00. The Morgan fingerprint density at radius 2 is 1.75 bits per heavy atom. The third kappa shape index (κ3) is 5.64. The van der Waals surface area contributed by atoms with Gasteiger partial charge in [0, 0.05) is 5.69 Å². The molecule has 0 aliphatic heterocycles. The first kappa shape index (κ1) is 17.3. The Hall–Kier alpha value is -3.02. The molecule has 0 atom stereocenters. The minimum absolute atomic E-state index is 0.133. The number of carbonyl (C=O) groups excluding carboxylic acids is 1. The van der Waals surface area contributed by atoms with E-state index in [1.165, 1.54) is 0 Å². The zero-order chi connectivity index (χ0) is 17.2. The average Bonchev–Trinajstić information content (AvgIpc) is 2.62. The smallest absolute Gasteiger partial charge is 0.259 e. The SMILES string of the molecule is CCOc1ccc(NCC(=O)NN=Cc2ccc(OC)cc2)cc1. The summed E-state index contributed by atoms with van der Waals surface area (Å²) in [6.45, 7) is 2.69. The van der Waals surface area contributed by atoms with Crippen molar-refractivity contribution in [3.8, 4) is 11.5 Å². The molecule has 0 saturated carbocycles. The van der Waals surface area contributed by atoms with Crippen molar-refractivity contribution in [3.05, 3.63) is 54.1 Å². The van der Waals surface area contributed by atoms with Crippen LogP contribution >= 0.6 is 0 Å². The van der Waals surface area contributed by atoms with Crippen molar-refractivity contribution in [1.82, 2.24) is 5.43 Å². The van der Waals surface area contributed by atoms with Gasteiger partial charge in [0.1, 0.15) is 11.5 Å². The highest BCUT2D eigenvalue weighted by Crippen LogP contribution is 2.15. The van der Waals surface area contributed by atoms with Crippen LogP contribution in [0.3, 0.4) is 0 Å². The topological polar surface area (TPSA) is 72.0 Å². The van der Waals surface area contributed by atoms with Crippen molar-refractivity contribution in [1.29, 1.82) is 0 Å². The summed E-state index contributed by atoms with van der Waals surface area (Å²) in [6, 6.07) is 14.8. The fourth-order valence-electron chi connectivity index (χ4n) is 1.93. The van der Waals surface area contributed by atoms with Crippen molar-refractivity contribution in [3.63, 3.8) is 0 Å². The molecule has 2 aromatic rings. The van der Waals surface area contributed by atoms with Crippen molar-refractivity contribution >= 4 is 17.8 Å². The van der Waals surface area contributed by atoms with Crippen LogP contribution in [-0.4, -0.2) is 32.4 Å². The maximum atomic E-state index is 11.7. The van der Waals surface area contributed by atoms with E-state index in [-0.39, 0.29) is 12.5 Å². The summed E-state index contributed by atoms with van der Waals surface area (Å²) in [6.07, 6.45) is 1.58. The van der Waals surface area contributed by atoms with Gasteiger partial charge in [0.15, 0.2) is 0 Å². The van der Waals surface area contributed by atoms with Gasteiger partial charge in [0.05, 0.1) is 26.5 Å². The van der Waals surface area contributed by atoms with Crippen LogP contribution in [0.25, 0.3) is 0 Å². The van der Waals surface area contributed by atoms with Gasteiger partial charge in [0.2, 0.25) is 0 Å². The fraction of sp³-hybridized carbons (Fsp3) is 0.222. The van der Waals surface area contributed by atoms with E-state index in [2.05, 4.69) is 15.8 Å². The van der Waals surface area contributed by atoms with Crippen molar-refractivity contribution in [2.75, 3.05) is 25.6 Å². The summed E-state index contributed by atoms with van der Waals surface area (Å²) >= 11 is 0. The molecule has 2 N–H and O–H groups in total. The molecule has 0 radical (unpaired) electrons. The number of nitrogens with one attached hydrogen (secondary N) is 2. The molecule has 0 unspecified atom stereocenters. The summed E-state index contributed by atoms with van der Waals surface area (Å²) in [5.74, 6) is 1.35. The highest BCUT2D eigenvalue weighted by atomic mass is 16.5. The molecule has 0 heterocycles. The Kier molecular flexibility index (Phi) is 6.64. The van der Waals surface area contributed by atoms with E-state index in [4.69, 9.17) is 9.47 Å². The number of hydrazone groups is 1. The van der Waals surface area contributed by atoms with Gasteiger partial charge in [-0.1, -0.05) is 0 Å². The second-order valence-electron chi connectivity index (χ2n) is 4.88. The maximum Gasteiger partial charge on any atom is 0.259 e. The molecule has 6 nitrogen and oxygen atoms in total. The Morgan fingerprint density at radius 1 is 1.08 bits per heavy atom. The van der Waals surface area contributed by atoms with E-state index in [1.54, 1.807) is 13.3 Å². The van der Waals surface area contributed by atoms with E-state index in [0.717, 1.165) is 22.7 Å². The standard InChI is InChI=1S/C18H21N3O3/c1-3-24-17-10-6-15(7-11-17)19-13-18(22)21-20-12-14-4-8-16(23-2)9-5-14/h4-12,19H,3,13H2,1-2H3,(H,21,22). The van der Waals surface area contributed by atoms with Gasteiger partial charge in [-0.05, 0) is 61.0 Å². The fourth-order valence-corrected chi connectivity index (χ4v) is 1.93. The molecular weight excluding hydrogens is 306 g/mol. The number of ether oxygens (including phenoxy) is 2. The van der Waals surface area contributed by atoms with Crippen molar-refractivity contribution in [2.24, 2.45) is 5.10 Å². The van der Waals surface area contributed by atoms with E-state index in [0.29, 0.717) is 6.61 Å². The molecular formula is C18H21N3O3. The average molecular weight is 327 g/mol. The molecule has 24 heavy (non-hydrogen) atoms. The van der Waals surface area contributed by atoms with E-state index >= 15 is 0 Å². The minimum Gasteiger partial charge on any atom is -0.497 e. The quantitative estimate of drug-likeness (QED) is 0.577. The second kappa shape index (κ2) is 9.19. The van der Waals surface area contributed by atoms with Gasteiger partial charge in [-0.15, -0.1) is 0 Å². The minimum atomic E-state index is -0.228. The number of anilines is 1. The first-order valence-corrected chi connectivity index (χ1v) is 7.64. The lowest BCUT2D eigenvalue weighted by molar-refractivity contribution is -0.119. The number of amides is 1. The Morgan fingerprint density at radius 3 is 2.38 bits per heavy atom. The maximum absolute atomic E-state index is 11.7. The first-order chi connectivity index (χ1) is 11.7. The normalized spacial score (nSPS) is 10.4. The number of rotatable bonds is 8. The number of nitrogens with zero attached hydrogens (tertiary/aromatic N) is 1. The van der Waals surface area contributed by atoms with Crippen LogP contribution in [0.15, 0.2) is 53.6 Å². The summed E-state index contributed by atoms with van der Waals surface area (Å²) < 4.78 is 10.4. The van der Waals surface area contributed by atoms with Crippen LogP contribution in [0.1, 0.15) is 12.5 Å². The van der Waals surface area contributed by atoms with Crippen LogP contribution in [0.4, 0.5) is 5.69 Å². The lowest BCUT2D eigenvalue weighted by Gasteiger charge is -2.07. The van der Waals surface area contributed by atoms with Crippen LogP contribution in [0.2, 0.25) is 0 Å². The molecule has 2 aromatic carbocycles. The molecule has 0 saturated heterocycles. The monoisotopic (exact) mass is 327 g/mol. The highest BCUT2D eigenvalue weighted by molar-refractivity contribution is 5.84. The van der Waals surface area contributed by atoms with Gasteiger partial charge < -0.3 is 14.8 Å². The van der Waals surface area contributed by atoms with Crippen molar-refractivity contribution < 1.29 is 14.3 Å². The van der Waals surface area contributed by atoms with Gasteiger partial charge in [-0.3, -0.25) is 4.79 Å². The van der Waals surface area contributed by atoms with E-state index in [9.17, 15) is 4.79 Å². The third-order valence-electron chi connectivity index (χ3n) is 3.14. The lowest BCUT2D eigenvalue weighted by atomic mass is 10.2. The zero-order valence-corrected chi connectivity index (χ0v) is 13.8. The molecule has 0 bridgehead atoms. The molecule has 0 aliphatic carbocycles. The van der Waals surface area contributed by atoms with E-state index in [1.807, 2.05) is 55.5 Å². The van der Waals surface area contributed by atoms with Gasteiger partial charge in [0.25, 0.3) is 5.91 Å². The number of hydrogen-bond donors (Lipinski definition) is 2. The number of methoxy groups -OCH3 is 1. The number of benzene rings is 2. The third-order valence-corrected chi connectivity index (χ3v) is 3.14. The molecule has 126 valence electrons. The Bertz CT molecular complexity index is 667. The summed E-state index contributed by atoms with van der Waals surface area (Å²) in [5.41, 5.74) is 4.19. The Balaban J connectivity index is 1.75. The second-order valence-corrected chi connectivity index (χ2v) is 4.88. The molecule has 2 rings (SSSR count). The predicted molar refractivity (Wildman–Crippen MR) is 94.8 cm³/mol. The summed E-state index contributed by atoms with van der Waals surface area (Å²) in [5, 5.41) is 6.94. The lowest BCUT2D eigenvalue weighted by Crippen LogP contribution is -2.25. The summed E-state index contributed by atoms with van der Waals surface area (Å²) in [4.78, 5) is 11.7. The van der Waals surface area contributed by atoms with Crippen LogP contribution in [0, 0.1) is 0 Å². The zero-order valence-electron chi connectivity index (χ0n) is 13.8. The largest absolute Gasteiger partial charge is 0.497 e. The van der Waals surface area contributed by atoms with Gasteiger partial charge in [-0.25, -0.2) is 5.43 Å². The molecule has 6 heteroatoms. The van der Waals surface area contributed by atoms with E-state index < -0.39 is 0 Å². The van der Waals surface area contributed by atoms with Gasteiger partial charge in [-0.2, -0.15) is 5.10 Å². The molecule has 0 fully saturated rings. The summed E-state index contributed by atoms with van der Waals surface area (Å²) in [7, 11) is 1.61. The molecule has 1 amide bonds. The Labute approximate surface area is 141 Å². The van der Waals surface area contributed by atoms with Gasteiger partial charge >= 0.3 is 0 Å². The molecule has 0 aliphatic rings. The van der Waals surface area contributed by atoms with Crippen LogP contribution < -0.4 is 20.2 Å². The van der Waals surface area contributed by atoms with Crippen LogP contribution in [0.5, 0.6) is 11.5 Å². The molecule has 0 spiro atoms. The van der Waals surface area contributed by atoms with Crippen molar-refractivity contribution in [2.45, 2.75) is 6.92 Å².